The summed E-state index contributed by atoms with van der Waals surface area (Å²) < 4.78 is 11.2. The van der Waals surface area contributed by atoms with Crippen LogP contribution in [0.4, 0.5) is 0 Å². The van der Waals surface area contributed by atoms with Crippen molar-refractivity contribution in [2.24, 2.45) is 17.8 Å². The molecule has 4 rings (SSSR count). The molecule has 2 saturated heterocycles. The maximum absolute atomic E-state index is 13.1. The molecule has 140 valence electrons. The van der Waals surface area contributed by atoms with Crippen molar-refractivity contribution < 1.29 is 18.8 Å². The van der Waals surface area contributed by atoms with Crippen molar-refractivity contribution in [3.8, 4) is 0 Å². The van der Waals surface area contributed by atoms with Crippen molar-refractivity contribution >= 4 is 11.8 Å². The number of hydrogen-bond donors (Lipinski definition) is 0. The third-order valence-corrected chi connectivity index (χ3v) is 5.70. The average Bonchev–Trinajstić information content (AvgIpc) is 3.35. The summed E-state index contributed by atoms with van der Waals surface area (Å²) >= 11 is 0. The second-order valence-corrected chi connectivity index (χ2v) is 8.02. The molecule has 3 aliphatic heterocycles. The van der Waals surface area contributed by atoms with E-state index in [1.54, 1.807) is 24.2 Å². The fraction of sp³-hybridized carbons (Fsp3) is 0.632. The van der Waals surface area contributed by atoms with Crippen molar-refractivity contribution in [1.82, 2.24) is 15.0 Å². The second kappa shape index (κ2) is 6.23. The molecular formula is C19H25N3O4. The largest absolute Gasteiger partial charge is 0.360 e. The first-order valence-corrected chi connectivity index (χ1v) is 9.22. The van der Waals surface area contributed by atoms with Crippen LogP contribution in [0.2, 0.25) is 0 Å². The van der Waals surface area contributed by atoms with E-state index in [-0.39, 0.29) is 17.9 Å². The Morgan fingerprint density at radius 1 is 1.50 bits per heavy atom. The number of carbonyl (C=O) groups excluding carboxylic acids is 2. The van der Waals surface area contributed by atoms with Gasteiger partial charge in [0, 0.05) is 19.7 Å². The molecule has 2 amide bonds. The molecule has 0 aromatic carbocycles. The van der Waals surface area contributed by atoms with Gasteiger partial charge < -0.3 is 19.1 Å². The summed E-state index contributed by atoms with van der Waals surface area (Å²) in [4.78, 5) is 29.6. The van der Waals surface area contributed by atoms with Crippen molar-refractivity contribution in [2.45, 2.75) is 38.5 Å². The van der Waals surface area contributed by atoms with E-state index in [1.807, 2.05) is 17.1 Å². The molecule has 1 aromatic rings. The van der Waals surface area contributed by atoms with Crippen LogP contribution < -0.4 is 0 Å². The first kappa shape index (κ1) is 17.3. The Bertz CT molecular complexity index is 729. The molecule has 1 spiro atoms. The van der Waals surface area contributed by atoms with E-state index in [9.17, 15) is 9.59 Å². The lowest BCUT2D eigenvalue weighted by molar-refractivity contribution is -0.142. The summed E-state index contributed by atoms with van der Waals surface area (Å²) in [7, 11) is 1.73. The lowest BCUT2D eigenvalue weighted by Crippen LogP contribution is -2.44. The maximum atomic E-state index is 13.1. The molecule has 0 aliphatic carbocycles. The number of likely N-dealkylation sites (tertiary alicyclic amines) is 1. The predicted molar refractivity (Wildman–Crippen MR) is 92.7 cm³/mol. The van der Waals surface area contributed by atoms with Gasteiger partial charge in [0.15, 0.2) is 5.76 Å². The van der Waals surface area contributed by atoms with Gasteiger partial charge in [0.25, 0.3) is 0 Å². The number of aromatic nitrogens is 1. The maximum Gasteiger partial charge on any atom is 0.230 e. The molecule has 2 bridgehead atoms. The van der Waals surface area contributed by atoms with Gasteiger partial charge in [0.2, 0.25) is 11.8 Å². The zero-order valence-corrected chi connectivity index (χ0v) is 15.4. The number of hydrogen-bond acceptors (Lipinski definition) is 5. The van der Waals surface area contributed by atoms with Crippen molar-refractivity contribution in [3.05, 3.63) is 30.2 Å². The van der Waals surface area contributed by atoms with E-state index in [2.05, 4.69) is 19.0 Å². The van der Waals surface area contributed by atoms with Crippen LogP contribution in [0.1, 0.15) is 26.0 Å². The Kier molecular flexibility index (Phi) is 4.14. The molecule has 7 heteroatoms. The van der Waals surface area contributed by atoms with Gasteiger partial charge in [-0.3, -0.25) is 9.59 Å². The quantitative estimate of drug-likeness (QED) is 0.719. The van der Waals surface area contributed by atoms with E-state index in [1.165, 1.54) is 0 Å². The fourth-order valence-corrected chi connectivity index (χ4v) is 4.35. The summed E-state index contributed by atoms with van der Waals surface area (Å²) in [5.74, 6) is 0.217. The smallest absolute Gasteiger partial charge is 0.230 e. The van der Waals surface area contributed by atoms with Crippen molar-refractivity contribution in [1.29, 1.82) is 0 Å². The van der Waals surface area contributed by atoms with E-state index in [0.717, 1.165) is 6.42 Å². The highest BCUT2D eigenvalue weighted by Gasteiger charge is 2.66. The van der Waals surface area contributed by atoms with Gasteiger partial charge in [-0.25, -0.2) is 0 Å². The van der Waals surface area contributed by atoms with Crippen molar-refractivity contribution in [2.75, 3.05) is 20.1 Å². The number of fused-ring (bicyclic) bond motifs is 1. The number of nitrogens with zero attached hydrogens (tertiary/aromatic N) is 3. The van der Waals surface area contributed by atoms with E-state index in [0.29, 0.717) is 31.3 Å². The van der Waals surface area contributed by atoms with E-state index >= 15 is 0 Å². The normalized spacial score (nSPS) is 31.9. The molecule has 4 heterocycles. The Balaban J connectivity index is 1.52. The molecule has 7 nitrogen and oxygen atoms in total. The molecule has 2 fully saturated rings. The standard InChI is InChI=1S/C19H25N3O4/c1-12(2)6-9-22-11-19-7-4-14(25-19)15(16(19)18(22)24)17(23)21(3)10-13-5-8-20-26-13/h4-5,7-8,12,14-16H,6,9-11H2,1-3H3/t14-,15-,16-,19-/m0/s1. The van der Waals surface area contributed by atoms with Crippen LogP contribution >= 0.6 is 0 Å². The fourth-order valence-electron chi connectivity index (χ4n) is 4.35. The first-order chi connectivity index (χ1) is 12.4. The highest BCUT2D eigenvalue weighted by molar-refractivity contribution is 5.92. The van der Waals surface area contributed by atoms with Gasteiger partial charge in [0.1, 0.15) is 5.60 Å². The van der Waals surface area contributed by atoms with Gasteiger partial charge in [0.05, 0.1) is 37.2 Å². The molecule has 0 N–H and O–H groups in total. The lowest BCUT2D eigenvalue weighted by Gasteiger charge is -2.27. The topological polar surface area (TPSA) is 75.9 Å². The molecule has 0 saturated carbocycles. The SMILES string of the molecule is CC(C)CCN1C[C@]23C=C[C@H](O2)[C@H](C(=O)N(C)Cc2ccno2)[C@H]3C1=O. The number of carbonyl (C=O) groups is 2. The van der Waals surface area contributed by atoms with Crippen LogP contribution in [0.25, 0.3) is 0 Å². The van der Waals surface area contributed by atoms with Crippen LogP contribution in [0.3, 0.4) is 0 Å². The predicted octanol–water partition coefficient (Wildman–Crippen LogP) is 1.46. The summed E-state index contributed by atoms with van der Waals surface area (Å²) in [5.41, 5.74) is -0.633. The molecule has 1 aromatic heterocycles. The third kappa shape index (κ3) is 2.65. The Labute approximate surface area is 152 Å². The number of ether oxygens (including phenoxy) is 1. The zero-order valence-electron chi connectivity index (χ0n) is 15.4. The summed E-state index contributed by atoms with van der Waals surface area (Å²) in [6, 6.07) is 1.73. The second-order valence-electron chi connectivity index (χ2n) is 8.02. The highest BCUT2D eigenvalue weighted by Crippen LogP contribution is 2.52. The molecule has 26 heavy (non-hydrogen) atoms. The number of amides is 2. The summed E-state index contributed by atoms with van der Waals surface area (Å²) in [6.07, 6.45) is 6.13. The minimum Gasteiger partial charge on any atom is -0.360 e. The Morgan fingerprint density at radius 2 is 2.31 bits per heavy atom. The monoisotopic (exact) mass is 359 g/mol. The van der Waals surface area contributed by atoms with Gasteiger partial charge in [-0.15, -0.1) is 0 Å². The van der Waals surface area contributed by atoms with Crippen LogP contribution in [0.15, 0.2) is 28.9 Å². The first-order valence-electron chi connectivity index (χ1n) is 9.22. The van der Waals surface area contributed by atoms with E-state index in [4.69, 9.17) is 9.26 Å². The molecular weight excluding hydrogens is 334 g/mol. The number of rotatable bonds is 6. The zero-order chi connectivity index (χ0) is 18.5. The highest BCUT2D eigenvalue weighted by atomic mass is 16.5. The summed E-state index contributed by atoms with van der Waals surface area (Å²) in [5, 5.41) is 3.67. The minimum absolute atomic E-state index is 0.0453. The van der Waals surface area contributed by atoms with Gasteiger partial charge in [-0.05, 0) is 12.3 Å². The minimum atomic E-state index is -0.633. The molecule has 3 aliphatic rings. The van der Waals surface area contributed by atoms with Crippen LogP contribution in [-0.2, 0) is 20.9 Å². The van der Waals surface area contributed by atoms with Crippen LogP contribution in [0.5, 0.6) is 0 Å². The molecule has 0 radical (unpaired) electrons. The van der Waals surface area contributed by atoms with Crippen LogP contribution in [-0.4, -0.2) is 58.6 Å². The Hall–Kier alpha value is -2.15. The van der Waals surface area contributed by atoms with Gasteiger partial charge in [-0.1, -0.05) is 31.2 Å². The average molecular weight is 359 g/mol. The van der Waals surface area contributed by atoms with E-state index < -0.39 is 17.4 Å². The van der Waals surface area contributed by atoms with Crippen molar-refractivity contribution in [3.63, 3.8) is 0 Å². The molecule has 0 unspecified atom stereocenters. The van der Waals surface area contributed by atoms with Gasteiger partial charge >= 0.3 is 0 Å². The Morgan fingerprint density at radius 3 is 3.00 bits per heavy atom. The molecule has 4 atom stereocenters. The lowest BCUT2D eigenvalue weighted by atomic mass is 9.76. The third-order valence-electron chi connectivity index (χ3n) is 5.70. The van der Waals surface area contributed by atoms with Gasteiger partial charge in [-0.2, -0.15) is 0 Å². The summed E-state index contributed by atoms with van der Waals surface area (Å²) in [6.45, 7) is 5.88. The van der Waals surface area contributed by atoms with Crippen LogP contribution in [0, 0.1) is 17.8 Å².